The van der Waals surface area contributed by atoms with Gasteiger partial charge in [0.05, 0.1) is 6.54 Å². The molecule has 0 bridgehead atoms. The molecule has 0 spiro atoms. The van der Waals surface area contributed by atoms with Crippen LogP contribution in [0.5, 0.6) is 0 Å². The van der Waals surface area contributed by atoms with Crippen molar-refractivity contribution < 1.29 is 13.2 Å². The average Bonchev–Trinajstić information content (AvgIpc) is 3.28. The molecule has 0 saturated carbocycles. The van der Waals surface area contributed by atoms with E-state index in [1.165, 1.54) is 18.5 Å². The van der Waals surface area contributed by atoms with E-state index < -0.39 is 6.55 Å². The number of aliphatic imine (C=N–C) groups is 1. The van der Waals surface area contributed by atoms with Crippen LogP contribution in [-0.4, -0.2) is 46.7 Å². The first-order valence-electron chi connectivity index (χ1n) is 8.21. The van der Waals surface area contributed by atoms with Gasteiger partial charge in [-0.2, -0.15) is 8.78 Å². The number of nitrogens with one attached hydrogen (secondary N) is 2. The van der Waals surface area contributed by atoms with E-state index >= 15 is 0 Å². The first-order chi connectivity index (χ1) is 12.6. The lowest BCUT2D eigenvalue weighted by Crippen LogP contribution is -2.44. The Morgan fingerprint density at radius 3 is 2.89 bits per heavy atom. The molecule has 2 aromatic rings. The average molecular weight is 495 g/mol. The van der Waals surface area contributed by atoms with Gasteiger partial charge in [-0.15, -0.1) is 24.0 Å². The van der Waals surface area contributed by atoms with Gasteiger partial charge in [0.2, 0.25) is 0 Å². The van der Waals surface area contributed by atoms with Gasteiger partial charge < -0.3 is 15.5 Å². The number of nitrogens with zero attached hydrogens (tertiary/aromatic N) is 5. The van der Waals surface area contributed by atoms with Crippen LogP contribution in [0.15, 0.2) is 35.7 Å². The molecule has 7 nitrogen and oxygen atoms in total. The van der Waals surface area contributed by atoms with Crippen LogP contribution in [0.25, 0.3) is 0 Å². The topological polar surface area (TPSA) is 70.4 Å². The number of aromatic nitrogens is 3. The van der Waals surface area contributed by atoms with Crippen molar-refractivity contribution >= 4 is 35.8 Å². The van der Waals surface area contributed by atoms with Crippen LogP contribution in [0, 0.1) is 5.82 Å². The number of imidazole rings is 1. The summed E-state index contributed by atoms with van der Waals surface area (Å²) in [6.45, 7) is -1.29. The maximum Gasteiger partial charge on any atom is 0.319 e. The largest absolute Gasteiger partial charge is 0.352 e. The van der Waals surface area contributed by atoms with Crippen molar-refractivity contribution in [2.24, 2.45) is 4.99 Å². The summed E-state index contributed by atoms with van der Waals surface area (Å²) in [7, 11) is 1.60. The molecule has 27 heavy (non-hydrogen) atoms. The fourth-order valence-electron chi connectivity index (χ4n) is 2.89. The van der Waals surface area contributed by atoms with Gasteiger partial charge in [-0.05, 0) is 18.6 Å². The van der Waals surface area contributed by atoms with Gasteiger partial charge in [-0.1, -0.05) is 0 Å². The van der Waals surface area contributed by atoms with Crippen LogP contribution < -0.4 is 15.5 Å². The molecule has 1 aliphatic heterocycles. The Labute approximate surface area is 172 Å². The zero-order valence-electron chi connectivity index (χ0n) is 14.6. The molecule has 0 amide bonds. The maximum atomic E-state index is 13.8. The van der Waals surface area contributed by atoms with E-state index in [9.17, 15) is 13.2 Å². The Hall–Kier alpha value is -2.05. The Morgan fingerprint density at radius 1 is 1.37 bits per heavy atom. The second-order valence-corrected chi connectivity index (χ2v) is 5.84. The lowest BCUT2D eigenvalue weighted by atomic mass is 10.3. The Balaban J connectivity index is 0.00000261. The minimum absolute atomic E-state index is 0. The van der Waals surface area contributed by atoms with Gasteiger partial charge in [-0.25, -0.2) is 14.4 Å². The van der Waals surface area contributed by atoms with Crippen molar-refractivity contribution in [3.05, 3.63) is 42.4 Å². The number of hydrogen-bond donors (Lipinski definition) is 2. The maximum absolute atomic E-state index is 13.8. The molecule has 3 heterocycles. The molecule has 3 rings (SSSR count). The number of rotatable bonds is 5. The molecule has 0 radical (unpaired) electrons. The second kappa shape index (κ2) is 9.76. The van der Waals surface area contributed by atoms with Crippen molar-refractivity contribution in [1.29, 1.82) is 0 Å². The Morgan fingerprint density at radius 2 is 2.19 bits per heavy atom. The van der Waals surface area contributed by atoms with E-state index in [4.69, 9.17) is 0 Å². The van der Waals surface area contributed by atoms with Crippen LogP contribution in [0.3, 0.4) is 0 Å². The quantitative estimate of drug-likeness (QED) is 0.379. The van der Waals surface area contributed by atoms with Crippen molar-refractivity contribution in [2.45, 2.75) is 25.6 Å². The van der Waals surface area contributed by atoms with Gasteiger partial charge in [0.25, 0.3) is 0 Å². The first-order valence-corrected chi connectivity index (χ1v) is 8.21. The van der Waals surface area contributed by atoms with E-state index in [1.54, 1.807) is 19.3 Å². The fourth-order valence-corrected chi connectivity index (χ4v) is 2.89. The summed E-state index contributed by atoms with van der Waals surface area (Å²) in [5.41, 5.74) is 0. The van der Waals surface area contributed by atoms with Crippen molar-refractivity contribution in [3.8, 4) is 0 Å². The van der Waals surface area contributed by atoms with Crippen LogP contribution in [-0.2, 0) is 6.54 Å². The van der Waals surface area contributed by atoms with Gasteiger partial charge in [0.15, 0.2) is 17.6 Å². The molecule has 2 N–H and O–H groups in total. The molecular weight excluding hydrogens is 474 g/mol. The third kappa shape index (κ3) is 5.23. The lowest BCUT2D eigenvalue weighted by Gasteiger charge is -2.20. The number of alkyl halides is 2. The molecule has 1 atom stereocenters. The standard InChI is InChI=1S/C16H20F3N7.HI/c1-20-16(23-9-13-21-6-8-26(13)15(18)19)24-11-4-7-25(10-11)14-12(17)3-2-5-22-14;/h2-3,5-6,8,11,15H,4,7,9-10H2,1H3,(H2,20,23,24);1H. The van der Waals surface area contributed by atoms with Crippen molar-refractivity contribution in [1.82, 2.24) is 25.2 Å². The van der Waals surface area contributed by atoms with Crippen LogP contribution in [0.4, 0.5) is 19.0 Å². The summed E-state index contributed by atoms with van der Waals surface area (Å²) >= 11 is 0. The summed E-state index contributed by atoms with van der Waals surface area (Å²) < 4.78 is 40.3. The minimum atomic E-state index is -2.64. The number of hydrogen-bond acceptors (Lipinski definition) is 4. The van der Waals surface area contributed by atoms with Crippen LogP contribution >= 0.6 is 24.0 Å². The predicted octanol–water partition coefficient (Wildman–Crippen LogP) is 2.37. The highest BCUT2D eigenvalue weighted by Crippen LogP contribution is 2.20. The van der Waals surface area contributed by atoms with Crippen molar-refractivity contribution in [2.75, 3.05) is 25.0 Å². The van der Waals surface area contributed by atoms with Crippen LogP contribution in [0.2, 0.25) is 0 Å². The number of guanidine groups is 1. The Kier molecular flexibility index (Phi) is 7.68. The molecule has 11 heteroatoms. The number of halogens is 4. The Bertz CT molecular complexity index is 768. The second-order valence-electron chi connectivity index (χ2n) is 5.84. The zero-order chi connectivity index (χ0) is 18.5. The predicted molar refractivity (Wildman–Crippen MR) is 107 cm³/mol. The monoisotopic (exact) mass is 495 g/mol. The summed E-state index contributed by atoms with van der Waals surface area (Å²) in [6.07, 6.45) is 4.90. The molecule has 1 unspecified atom stereocenters. The molecule has 0 aliphatic carbocycles. The SMILES string of the molecule is CN=C(NCc1nccn1C(F)F)NC1CCN(c2ncccc2F)C1.I. The summed E-state index contributed by atoms with van der Waals surface area (Å²) in [4.78, 5) is 14.0. The molecule has 2 aromatic heterocycles. The first kappa shape index (κ1) is 21.3. The highest BCUT2D eigenvalue weighted by molar-refractivity contribution is 14.0. The van der Waals surface area contributed by atoms with E-state index in [0.29, 0.717) is 24.9 Å². The molecule has 148 valence electrons. The summed E-state index contributed by atoms with van der Waals surface area (Å²) in [5, 5.41) is 6.19. The molecule has 0 aromatic carbocycles. The molecule has 1 fully saturated rings. The van der Waals surface area contributed by atoms with Crippen molar-refractivity contribution in [3.63, 3.8) is 0 Å². The highest BCUT2D eigenvalue weighted by atomic mass is 127. The normalized spacial score (nSPS) is 17.1. The number of anilines is 1. The highest BCUT2D eigenvalue weighted by Gasteiger charge is 2.26. The van der Waals surface area contributed by atoms with E-state index in [2.05, 4.69) is 25.6 Å². The number of pyridine rings is 1. The zero-order valence-corrected chi connectivity index (χ0v) is 17.0. The molecule has 1 saturated heterocycles. The third-order valence-electron chi connectivity index (χ3n) is 4.16. The third-order valence-corrected chi connectivity index (χ3v) is 4.16. The van der Waals surface area contributed by atoms with E-state index in [0.717, 1.165) is 11.0 Å². The summed E-state index contributed by atoms with van der Waals surface area (Å²) in [6, 6.07) is 2.98. The van der Waals surface area contributed by atoms with Gasteiger partial charge >= 0.3 is 6.55 Å². The van der Waals surface area contributed by atoms with Gasteiger partial charge in [-0.3, -0.25) is 9.56 Å². The fraction of sp³-hybridized carbons (Fsp3) is 0.438. The minimum Gasteiger partial charge on any atom is -0.352 e. The van der Waals surface area contributed by atoms with Gasteiger partial charge in [0.1, 0.15) is 5.82 Å². The smallest absolute Gasteiger partial charge is 0.319 e. The summed E-state index contributed by atoms with van der Waals surface area (Å²) in [5.74, 6) is 0.668. The lowest BCUT2D eigenvalue weighted by molar-refractivity contribution is 0.0668. The van der Waals surface area contributed by atoms with E-state index in [-0.39, 0.29) is 48.2 Å². The van der Waals surface area contributed by atoms with E-state index in [1.807, 2.05) is 4.90 Å². The van der Waals surface area contributed by atoms with Gasteiger partial charge in [0, 0.05) is 44.8 Å². The molecule has 1 aliphatic rings. The molecular formula is C16H21F3IN7. The van der Waals surface area contributed by atoms with Crippen LogP contribution in [0.1, 0.15) is 18.8 Å².